The molecule has 0 spiro atoms. The number of pyridine rings is 1. The van der Waals surface area contributed by atoms with Gasteiger partial charge in [-0.05, 0) is 36.8 Å². The number of nitrogens with zero attached hydrogens (tertiary/aromatic N) is 4. The van der Waals surface area contributed by atoms with Crippen molar-refractivity contribution in [2.75, 3.05) is 11.9 Å². The lowest BCUT2D eigenvalue weighted by molar-refractivity contribution is 0.331. The summed E-state index contributed by atoms with van der Waals surface area (Å²) in [5, 5.41) is 5.07. The van der Waals surface area contributed by atoms with Crippen LogP contribution in [-0.4, -0.2) is 21.6 Å². The van der Waals surface area contributed by atoms with Crippen LogP contribution >= 0.6 is 15.9 Å². The minimum atomic E-state index is 0.436. The summed E-state index contributed by atoms with van der Waals surface area (Å²) in [5.74, 6) is 0.957. The molecule has 0 aliphatic heterocycles. The molecule has 26 heavy (non-hydrogen) atoms. The Balaban J connectivity index is 1.77. The third-order valence-corrected chi connectivity index (χ3v) is 4.89. The van der Waals surface area contributed by atoms with E-state index < -0.39 is 0 Å². The highest BCUT2D eigenvalue weighted by molar-refractivity contribution is 9.10. The van der Waals surface area contributed by atoms with Crippen LogP contribution in [0.4, 0.5) is 11.6 Å². The average molecular weight is 411 g/mol. The lowest BCUT2D eigenvalue weighted by Crippen LogP contribution is -2.02. The highest BCUT2D eigenvalue weighted by atomic mass is 79.9. The maximum atomic E-state index is 5.73. The SMILES string of the molecule is CCOc1nc(Nc2cnc3ccccc3c2)nc2[n-]c(CC)c(Br)c12. The lowest BCUT2D eigenvalue weighted by Gasteiger charge is -2.14. The fourth-order valence-electron chi connectivity index (χ4n) is 2.82. The molecule has 0 aliphatic carbocycles. The Bertz CT molecular complexity index is 1090. The van der Waals surface area contributed by atoms with Gasteiger partial charge in [0.15, 0.2) is 0 Å². The third-order valence-electron chi connectivity index (χ3n) is 4.03. The van der Waals surface area contributed by atoms with Gasteiger partial charge in [0.1, 0.15) is 5.95 Å². The lowest BCUT2D eigenvalue weighted by atomic mass is 10.2. The Kier molecular flexibility index (Phi) is 4.46. The Morgan fingerprint density at radius 3 is 2.85 bits per heavy atom. The van der Waals surface area contributed by atoms with Gasteiger partial charge in [0.25, 0.3) is 0 Å². The molecule has 6 nitrogen and oxygen atoms in total. The summed E-state index contributed by atoms with van der Waals surface area (Å²) in [7, 11) is 0. The maximum absolute atomic E-state index is 5.73. The molecule has 0 amide bonds. The van der Waals surface area contributed by atoms with Crippen molar-refractivity contribution in [3.05, 3.63) is 46.7 Å². The van der Waals surface area contributed by atoms with Crippen molar-refractivity contribution in [1.82, 2.24) is 19.9 Å². The summed E-state index contributed by atoms with van der Waals surface area (Å²) in [6, 6.07) is 9.97. The van der Waals surface area contributed by atoms with Crippen LogP contribution in [0.3, 0.4) is 0 Å². The smallest absolute Gasteiger partial charge is 0.223 e. The molecule has 0 unspecified atom stereocenters. The fourth-order valence-corrected chi connectivity index (χ4v) is 3.54. The molecule has 4 rings (SSSR count). The van der Waals surface area contributed by atoms with Crippen molar-refractivity contribution in [3.8, 4) is 5.88 Å². The molecule has 0 aliphatic rings. The van der Waals surface area contributed by atoms with E-state index in [1.165, 1.54) is 0 Å². The van der Waals surface area contributed by atoms with Crippen LogP contribution in [0.2, 0.25) is 0 Å². The monoisotopic (exact) mass is 410 g/mol. The molecular weight excluding hydrogens is 394 g/mol. The van der Waals surface area contributed by atoms with E-state index in [1.807, 2.05) is 37.3 Å². The molecule has 1 N–H and O–H groups in total. The van der Waals surface area contributed by atoms with Crippen molar-refractivity contribution in [2.24, 2.45) is 0 Å². The van der Waals surface area contributed by atoms with Crippen molar-refractivity contribution in [3.63, 3.8) is 0 Å². The number of para-hydroxylation sites is 1. The molecule has 0 atom stereocenters. The molecule has 0 bridgehead atoms. The van der Waals surface area contributed by atoms with Crippen LogP contribution in [0.15, 0.2) is 41.0 Å². The molecule has 0 saturated heterocycles. The van der Waals surface area contributed by atoms with E-state index in [2.05, 4.69) is 48.1 Å². The van der Waals surface area contributed by atoms with Crippen LogP contribution < -0.4 is 15.0 Å². The Labute approximate surface area is 159 Å². The van der Waals surface area contributed by atoms with Crippen molar-refractivity contribution in [2.45, 2.75) is 20.3 Å². The number of hydrogen-bond donors (Lipinski definition) is 1. The van der Waals surface area contributed by atoms with E-state index in [1.54, 1.807) is 6.20 Å². The summed E-state index contributed by atoms with van der Waals surface area (Å²) in [6.45, 7) is 4.50. The first-order valence-electron chi connectivity index (χ1n) is 8.47. The Morgan fingerprint density at radius 1 is 1.19 bits per heavy atom. The zero-order valence-corrected chi connectivity index (χ0v) is 16.0. The van der Waals surface area contributed by atoms with Crippen molar-refractivity contribution >= 4 is 49.5 Å². The predicted octanol–water partition coefficient (Wildman–Crippen LogP) is 4.60. The number of halogens is 1. The summed E-state index contributed by atoms with van der Waals surface area (Å²) < 4.78 is 6.63. The fraction of sp³-hybridized carbons (Fsp3) is 0.211. The van der Waals surface area contributed by atoms with Crippen molar-refractivity contribution in [1.29, 1.82) is 0 Å². The van der Waals surface area contributed by atoms with Gasteiger partial charge in [-0.15, -0.1) is 0 Å². The number of ether oxygens (including phenoxy) is 1. The quantitative estimate of drug-likeness (QED) is 0.517. The minimum Gasteiger partial charge on any atom is -0.477 e. The minimum absolute atomic E-state index is 0.436. The molecule has 1 aromatic carbocycles. The number of hydrogen-bond acceptors (Lipinski definition) is 5. The molecule has 0 saturated carbocycles. The van der Waals surface area contributed by atoms with E-state index in [4.69, 9.17) is 4.74 Å². The zero-order chi connectivity index (χ0) is 18.1. The van der Waals surface area contributed by atoms with Gasteiger partial charge in [-0.25, -0.2) is 0 Å². The van der Waals surface area contributed by atoms with Crippen LogP contribution in [-0.2, 0) is 6.42 Å². The molecule has 3 aromatic heterocycles. The Morgan fingerprint density at radius 2 is 2.04 bits per heavy atom. The first kappa shape index (κ1) is 16.8. The van der Waals surface area contributed by atoms with E-state index in [0.29, 0.717) is 24.1 Å². The highest BCUT2D eigenvalue weighted by Crippen LogP contribution is 2.34. The number of benzene rings is 1. The van der Waals surface area contributed by atoms with Gasteiger partial charge >= 0.3 is 0 Å². The number of rotatable bonds is 5. The number of aryl methyl sites for hydroxylation is 1. The molecule has 132 valence electrons. The van der Waals surface area contributed by atoms with Crippen LogP contribution in [0.5, 0.6) is 5.88 Å². The average Bonchev–Trinajstić information content (AvgIpc) is 2.98. The third kappa shape index (κ3) is 2.99. The standard InChI is InChI=1S/C19H17BrN5O/c1-3-13-16(20)15-17(23-13)24-19(25-18(15)26-4-2)22-12-9-11-7-5-6-8-14(11)21-10-12/h5-10H,3-4H2,1-2H3,(H-,22,23,24,25)/q-1. The summed E-state index contributed by atoms with van der Waals surface area (Å²) in [6.07, 6.45) is 2.57. The second-order valence-corrected chi connectivity index (χ2v) is 6.54. The van der Waals surface area contributed by atoms with E-state index >= 15 is 0 Å². The number of fused-ring (bicyclic) bond motifs is 2. The second-order valence-electron chi connectivity index (χ2n) is 5.75. The van der Waals surface area contributed by atoms with Gasteiger partial charge in [-0.2, -0.15) is 4.98 Å². The molecule has 0 radical (unpaired) electrons. The van der Waals surface area contributed by atoms with Crippen LogP contribution in [0.25, 0.3) is 21.9 Å². The number of nitrogens with one attached hydrogen (secondary N) is 1. The number of anilines is 2. The summed E-state index contributed by atoms with van der Waals surface area (Å²) in [5.41, 5.74) is 3.31. The van der Waals surface area contributed by atoms with Gasteiger partial charge in [-0.1, -0.05) is 41.1 Å². The second kappa shape index (κ2) is 6.92. The first-order chi connectivity index (χ1) is 12.7. The van der Waals surface area contributed by atoms with Crippen LogP contribution in [0, 0.1) is 0 Å². The van der Waals surface area contributed by atoms with Crippen LogP contribution in [0.1, 0.15) is 19.5 Å². The molecule has 4 aromatic rings. The van der Waals surface area contributed by atoms with E-state index in [-0.39, 0.29) is 0 Å². The topological polar surface area (TPSA) is 74.0 Å². The van der Waals surface area contributed by atoms with Gasteiger partial charge in [0.2, 0.25) is 5.88 Å². The normalized spacial score (nSPS) is 11.2. The molecular formula is C19H17BrN5O-. The van der Waals surface area contributed by atoms with E-state index in [0.717, 1.165) is 38.6 Å². The number of aromatic nitrogens is 4. The molecule has 0 fully saturated rings. The maximum Gasteiger partial charge on any atom is 0.223 e. The zero-order valence-electron chi connectivity index (χ0n) is 14.5. The van der Waals surface area contributed by atoms with Gasteiger partial charge in [0, 0.05) is 15.2 Å². The van der Waals surface area contributed by atoms with Gasteiger partial charge in [0.05, 0.1) is 24.0 Å². The highest BCUT2D eigenvalue weighted by Gasteiger charge is 2.11. The largest absolute Gasteiger partial charge is 0.477 e. The summed E-state index contributed by atoms with van der Waals surface area (Å²) >= 11 is 3.60. The predicted molar refractivity (Wildman–Crippen MR) is 106 cm³/mol. The van der Waals surface area contributed by atoms with Crippen molar-refractivity contribution < 1.29 is 4.74 Å². The summed E-state index contributed by atoms with van der Waals surface area (Å²) in [4.78, 5) is 18.1. The van der Waals surface area contributed by atoms with E-state index in [9.17, 15) is 0 Å². The molecule has 7 heteroatoms. The first-order valence-corrected chi connectivity index (χ1v) is 9.26. The molecule has 3 heterocycles. The van der Waals surface area contributed by atoms with Gasteiger partial charge < -0.3 is 20.0 Å². The van der Waals surface area contributed by atoms with Gasteiger partial charge in [-0.3, -0.25) is 4.98 Å². The Hall–Kier alpha value is -2.67.